The smallest absolute Gasteiger partial charge is 0.328 e. The van der Waals surface area contributed by atoms with E-state index in [0.29, 0.717) is 23.7 Å². The molecule has 0 radical (unpaired) electrons. The van der Waals surface area contributed by atoms with Gasteiger partial charge in [0, 0.05) is 53.1 Å². The molecule has 0 saturated heterocycles. The van der Waals surface area contributed by atoms with Crippen molar-refractivity contribution < 1.29 is 24.2 Å². The lowest BCUT2D eigenvalue weighted by atomic mass is 9.92. The molecule has 11 heteroatoms. The minimum Gasteiger partial charge on any atom is -0.478 e. The number of carbonyl (C=O) groups is 3. The van der Waals surface area contributed by atoms with Crippen molar-refractivity contribution >= 4 is 40.6 Å². The number of nitrogens with zero attached hydrogens (tertiary/aromatic N) is 4. The summed E-state index contributed by atoms with van der Waals surface area (Å²) in [5.74, 6) is -1.17. The summed E-state index contributed by atoms with van der Waals surface area (Å²) in [4.78, 5) is 50.5. The summed E-state index contributed by atoms with van der Waals surface area (Å²) in [6.45, 7) is 5.30. The fraction of sp³-hybridized carbons (Fsp3) is 0.333. The molecule has 1 aliphatic rings. The first-order valence-electron chi connectivity index (χ1n) is 14.7. The molecule has 3 N–H and O–H groups in total. The highest BCUT2D eigenvalue weighted by Crippen LogP contribution is 2.44. The normalized spacial score (nSPS) is 13.8. The fourth-order valence-electron chi connectivity index (χ4n) is 5.75. The summed E-state index contributed by atoms with van der Waals surface area (Å²) in [6.07, 6.45) is 12.1. The van der Waals surface area contributed by atoms with E-state index in [1.165, 1.54) is 30.8 Å². The first-order chi connectivity index (χ1) is 21.1. The predicted molar refractivity (Wildman–Crippen MR) is 167 cm³/mol. The summed E-state index contributed by atoms with van der Waals surface area (Å²) < 4.78 is 7.63. The standard InChI is InChI=1S/C33H36N6O5/c1-5-44-31-21(12-15-27(40)41)11-14-26(36-31)37-32(43)33(2,3)38-30(42)22-10-13-24-25(16-22)39(4)29(23-17-34-19-35-18-23)28(24)20-8-6-7-9-20/h10-20H,5-9H2,1-4H3,(H,38,42)(H,40,41)(H,36,37,43)/b15-12+. The third kappa shape index (κ3) is 6.31. The summed E-state index contributed by atoms with van der Waals surface area (Å²) in [5, 5.41) is 15.6. The number of pyridine rings is 1. The number of aryl methyl sites for hydroxylation is 1. The minimum absolute atomic E-state index is 0.180. The summed E-state index contributed by atoms with van der Waals surface area (Å²) >= 11 is 0. The zero-order chi connectivity index (χ0) is 31.4. The number of benzene rings is 1. The van der Waals surface area contributed by atoms with Crippen molar-refractivity contribution in [2.45, 2.75) is 57.9 Å². The number of ether oxygens (including phenoxy) is 1. The molecule has 1 saturated carbocycles. The average molecular weight is 597 g/mol. The molecular weight excluding hydrogens is 560 g/mol. The van der Waals surface area contributed by atoms with Crippen LogP contribution in [0.15, 0.2) is 55.1 Å². The highest BCUT2D eigenvalue weighted by atomic mass is 16.5. The molecular formula is C33H36N6O5. The van der Waals surface area contributed by atoms with Crippen molar-refractivity contribution in [1.82, 2.24) is 24.8 Å². The van der Waals surface area contributed by atoms with E-state index < -0.39 is 23.3 Å². The second kappa shape index (κ2) is 12.7. The van der Waals surface area contributed by atoms with Gasteiger partial charge in [0.25, 0.3) is 11.8 Å². The zero-order valence-corrected chi connectivity index (χ0v) is 25.3. The van der Waals surface area contributed by atoms with Gasteiger partial charge in [0.2, 0.25) is 5.88 Å². The number of hydrogen-bond acceptors (Lipinski definition) is 7. The molecule has 0 unspecified atom stereocenters. The number of hydrogen-bond donors (Lipinski definition) is 3. The monoisotopic (exact) mass is 596 g/mol. The predicted octanol–water partition coefficient (Wildman–Crippen LogP) is 5.33. The Morgan fingerprint density at radius 1 is 1.11 bits per heavy atom. The maximum atomic E-state index is 13.5. The van der Waals surface area contributed by atoms with Crippen LogP contribution in [0.4, 0.5) is 5.82 Å². The molecule has 11 nitrogen and oxygen atoms in total. The molecule has 1 fully saturated rings. The topological polar surface area (TPSA) is 148 Å². The molecule has 5 rings (SSSR count). The Bertz CT molecular complexity index is 1740. The van der Waals surface area contributed by atoms with Crippen LogP contribution in [0.2, 0.25) is 0 Å². The van der Waals surface area contributed by atoms with Crippen LogP contribution in [0.5, 0.6) is 5.88 Å². The molecule has 0 spiro atoms. The number of amides is 2. The molecule has 0 bridgehead atoms. The van der Waals surface area contributed by atoms with Gasteiger partial charge >= 0.3 is 5.97 Å². The number of carbonyl (C=O) groups excluding carboxylic acids is 2. The molecule has 44 heavy (non-hydrogen) atoms. The Hall–Kier alpha value is -5.06. The molecule has 4 aromatic rings. The van der Waals surface area contributed by atoms with Crippen LogP contribution < -0.4 is 15.4 Å². The van der Waals surface area contributed by atoms with Gasteiger partial charge in [-0.05, 0) is 75.4 Å². The van der Waals surface area contributed by atoms with Gasteiger partial charge in [0.05, 0.1) is 12.3 Å². The van der Waals surface area contributed by atoms with E-state index in [2.05, 4.69) is 30.2 Å². The van der Waals surface area contributed by atoms with Crippen LogP contribution in [-0.2, 0) is 16.6 Å². The van der Waals surface area contributed by atoms with Crippen molar-refractivity contribution in [3.05, 3.63) is 71.8 Å². The van der Waals surface area contributed by atoms with Gasteiger partial charge in [-0.1, -0.05) is 18.9 Å². The Labute approximate surface area is 255 Å². The highest BCUT2D eigenvalue weighted by Gasteiger charge is 2.31. The van der Waals surface area contributed by atoms with Crippen LogP contribution in [0.1, 0.15) is 73.9 Å². The van der Waals surface area contributed by atoms with Crippen molar-refractivity contribution in [2.24, 2.45) is 7.05 Å². The van der Waals surface area contributed by atoms with Gasteiger partial charge in [-0.15, -0.1) is 0 Å². The lowest BCUT2D eigenvalue weighted by molar-refractivity contribution is -0.131. The Morgan fingerprint density at radius 2 is 1.84 bits per heavy atom. The minimum atomic E-state index is -1.29. The maximum absolute atomic E-state index is 13.5. The lowest BCUT2D eigenvalue weighted by Crippen LogP contribution is -2.52. The Morgan fingerprint density at radius 3 is 2.52 bits per heavy atom. The summed E-state index contributed by atoms with van der Waals surface area (Å²) in [7, 11) is 1.99. The zero-order valence-electron chi connectivity index (χ0n) is 25.3. The second-order valence-electron chi connectivity index (χ2n) is 11.4. The van der Waals surface area contributed by atoms with Crippen molar-refractivity contribution in [3.63, 3.8) is 0 Å². The van der Waals surface area contributed by atoms with Gasteiger partial charge in [-0.25, -0.2) is 14.8 Å². The second-order valence-corrected chi connectivity index (χ2v) is 11.4. The van der Waals surface area contributed by atoms with Crippen molar-refractivity contribution in [1.29, 1.82) is 0 Å². The number of carboxylic acids is 1. The lowest BCUT2D eigenvalue weighted by Gasteiger charge is -2.25. The van der Waals surface area contributed by atoms with E-state index >= 15 is 0 Å². The van der Waals surface area contributed by atoms with Crippen LogP contribution in [0, 0.1) is 0 Å². The molecule has 0 aliphatic heterocycles. The molecule has 0 atom stereocenters. The first-order valence-corrected chi connectivity index (χ1v) is 14.7. The summed E-state index contributed by atoms with van der Waals surface area (Å²) in [6, 6.07) is 8.81. The van der Waals surface area contributed by atoms with E-state index in [1.807, 2.05) is 31.6 Å². The highest BCUT2D eigenvalue weighted by molar-refractivity contribution is 6.05. The van der Waals surface area contributed by atoms with Crippen molar-refractivity contribution in [3.8, 4) is 17.1 Å². The van der Waals surface area contributed by atoms with Crippen molar-refractivity contribution in [2.75, 3.05) is 11.9 Å². The third-order valence-electron chi connectivity index (χ3n) is 7.91. The van der Waals surface area contributed by atoms with Crippen LogP contribution in [0.3, 0.4) is 0 Å². The van der Waals surface area contributed by atoms with Crippen LogP contribution in [0.25, 0.3) is 28.2 Å². The number of fused-ring (bicyclic) bond motifs is 1. The van der Waals surface area contributed by atoms with Gasteiger partial charge in [0.1, 0.15) is 17.7 Å². The molecule has 2 amide bonds. The first kappa shape index (κ1) is 30.4. The molecule has 1 aromatic carbocycles. The molecule has 1 aliphatic carbocycles. The largest absolute Gasteiger partial charge is 0.478 e. The van der Waals surface area contributed by atoms with E-state index in [0.717, 1.165) is 41.1 Å². The summed E-state index contributed by atoms with van der Waals surface area (Å²) in [5.41, 5.74) is 3.78. The van der Waals surface area contributed by atoms with E-state index in [4.69, 9.17) is 9.84 Å². The Balaban J connectivity index is 1.38. The third-order valence-corrected chi connectivity index (χ3v) is 7.91. The van der Waals surface area contributed by atoms with Crippen LogP contribution >= 0.6 is 0 Å². The number of aromatic nitrogens is 4. The van der Waals surface area contributed by atoms with Gasteiger partial charge < -0.3 is 25.0 Å². The number of nitrogens with one attached hydrogen (secondary N) is 2. The SMILES string of the molecule is CCOc1nc(NC(=O)C(C)(C)NC(=O)c2ccc3c(C4CCCC4)c(-c4cncnc4)n(C)c3c2)ccc1/C=C/C(=O)O. The Kier molecular flexibility index (Phi) is 8.75. The maximum Gasteiger partial charge on any atom is 0.328 e. The number of carboxylic acid groups (broad SMARTS) is 1. The number of rotatable bonds is 10. The van der Waals surface area contributed by atoms with Crippen LogP contribution in [-0.4, -0.2) is 54.6 Å². The molecule has 228 valence electrons. The average Bonchev–Trinajstić information content (AvgIpc) is 3.63. The van der Waals surface area contributed by atoms with Gasteiger partial charge in [-0.3, -0.25) is 9.59 Å². The number of anilines is 1. The number of aliphatic carboxylic acids is 1. The molecule has 3 aromatic heterocycles. The van der Waals surface area contributed by atoms with E-state index in [-0.39, 0.29) is 11.7 Å². The fourth-order valence-corrected chi connectivity index (χ4v) is 5.75. The van der Waals surface area contributed by atoms with E-state index in [1.54, 1.807) is 39.0 Å². The van der Waals surface area contributed by atoms with Gasteiger partial charge in [-0.2, -0.15) is 4.98 Å². The quantitative estimate of drug-likeness (QED) is 0.208. The van der Waals surface area contributed by atoms with Gasteiger partial charge in [0.15, 0.2) is 0 Å². The molecule has 3 heterocycles. The van der Waals surface area contributed by atoms with E-state index in [9.17, 15) is 14.4 Å².